The minimum Gasteiger partial charge on any atom is -0.481 e. The Kier molecular flexibility index (Phi) is 12.1. The lowest BCUT2D eigenvalue weighted by Crippen LogP contribution is -2.59. The van der Waals surface area contributed by atoms with Crippen molar-refractivity contribution in [2.45, 2.75) is 63.7 Å². The largest absolute Gasteiger partial charge is 0.481 e. The van der Waals surface area contributed by atoms with E-state index in [4.69, 9.17) is 26.8 Å². The van der Waals surface area contributed by atoms with Crippen molar-refractivity contribution in [3.63, 3.8) is 0 Å². The van der Waals surface area contributed by atoms with Gasteiger partial charge in [-0.05, 0) is 5.92 Å². The van der Waals surface area contributed by atoms with E-state index in [9.17, 15) is 33.6 Å². The average Bonchev–Trinajstić information content (AvgIpc) is 2.68. The zero-order valence-corrected chi connectivity index (χ0v) is 18.1. The molecule has 0 aliphatic rings. The lowest BCUT2D eigenvalue weighted by atomic mass is 9.97. The average molecular weight is 475 g/mol. The van der Waals surface area contributed by atoms with E-state index in [1.54, 1.807) is 13.8 Å². The van der Waals surface area contributed by atoms with Crippen LogP contribution in [0.2, 0.25) is 0 Å². The van der Waals surface area contributed by atoms with Crippen LogP contribution in [0.1, 0.15) is 39.5 Å². The first-order valence-corrected chi connectivity index (χ1v) is 9.80. The van der Waals surface area contributed by atoms with Gasteiger partial charge in [0.05, 0.1) is 25.3 Å². The fourth-order valence-electron chi connectivity index (χ4n) is 2.56. The second-order valence-corrected chi connectivity index (χ2v) is 7.31. The second kappa shape index (κ2) is 13.6. The monoisotopic (exact) mass is 475 g/mol. The fraction of sp³-hybridized carbons (Fsp3) is 0.611. The van der Waals surface area contributed by atoms with Crippen LogP contribution in [0.4, 0.5) is 0 Å². The summed E-state index contributed by atoms with van der Waals surface area (Å²) in [6.45, 7) is 3.26. The molecule has 0 aromatic heterocycles. The Morgan fingerprint density at radius 3 is 1.67 bits per heavy atom. The smallest absolute Gasteiger partial charge is 0.326 e. The van der Waals surface area contributed by atoms with E-state index in [0.717, 1.165) is 0 Å². The third-order valence-electron chi connectivity index (χ3n) is 4.56. The summed E-state index contributed by atoms with van der Waals surface area (Å²) in [5.41, 5.74) is 10.5. The van der Waals surface area contributed by atoms with Gasteiger partial charge >= 0.3 is 17.9 Å². The molecule has 0 aromatic rings. The van der Waals surface area contributed by atoms with Gasteiger partial charge in [0.2, 0.25) is 23.6 Å². The molecule has 0 bridgehead atoms. The standard InChI is InChI=1S/C18H29N5O10/c1-3-7(2)14(23-15(29)8(19)4-11(20)24)17(31)21-9(5-12(25)26)16(30)22-10(18(32)33)6-13(27)28/h7-10,14H,3-6,19H2,1-2H3,(H2,20,24)(H,21,31)(H,22,30)(H,23,29)(H,25,26)(H,27,28)(H,32,33). The third-order valence-corrected chi connectivity index (χ3v) is 4.56. The molecule has 15 nitrogen and oxygen atoms in total. The van der Waals surface area contributed by atoms with Gasteiger partial charge in [-0.25, -0.2) is 4.79 Å². The van der Waals surface area contributed by atoms with Crippen LogP contribution in [0, 0.1) is 5.92 Å². The number of nitrogens with one attached hydrogen (secondary N) is 3. The maximum absolute atomic E-state index is 12.8. The van der Waals surface area contributed by atoms with E-state index in [0.29, 0.717) is 6.42 Å². The summed E-state index contributed by atoms with van der Waals surface area (Å²) in [6.07, 6.45) is -2.08. The van der Waals surface area contributed by atoms with Crippen molar-refractivity contribution >= 4 is 41.5 Å². The summed E-state index contributed by atoms with van der Waals surface area (Å²) in [7, 11) is 0. The quantitative estimate of drug-likeness (QED) is 0.116. The van der Waals surface area contributed by atoms with E-state index >= 15 is 0 Å². The van der Waals surface area contributed by atoms with E-state index < -0.39 is 90.9 Å². The topological polar surface area (TPSA) is 268 Å². The molecule has 186 valence electrons. The lowest BCUT2D eigenvalue weighted by molar-refractivity contribution is -0.148. The van der Waals surface area contributed by atoms with Gasteiger partial charge in [0, 0.05) is 0 Å². The molecule has 0 saturated heterocycles. The van der Waals surface area contributed by atoms with E-state index in [-0.39, 0.29) is 0 Å². The molecule has 0 aliphatic carbocycles. The first kappa shape index (κ1) is 29.2. The molecular weight excluding hydrogens is 446 g/mol. The van der Waals surface area contributed by atoms with E-state index in [1.165, 1.54) is 0 Å². The zero-order chi connectivity index (χ0) is 25.9. The van der Waals surface area contributed by atoms with Crippen molar-refractivity contribution in [1.29, 1.82) is 0 Å². The number of carboxylic acid groups (broad SMARTS) is 3. The van der Waals surface area contributed by atoms with Gasteiger partial charge in [-0.3, -0.25) is 28.8 Å². The Morgan fingerprint density at radius 2 is 1.24 bits per heavy atom. The van der Waals surface area contributed by atoms with Crippen LogP contribution >= 0.6 is 0 Å². The Morgan fingerprint density at radius 1 is 0.758 bits per heavy atom. The summed E-state index contributed by atoms with van der Waals surface area (Å²) in [4.78, 5) is 81.5. The summed E-state index contributed by atoms with van der Waals surface area (Å²) in [5.74, 6) is -9.23. The van der Waals surface area contributed by atoms with E-state index in [2.05, 4.69) is 10.6 Å². The van der Waals surface area contributed by atoms with Crippen LogP contribution in [0.25, 0.3) is 0 Å². The molecule has 10 N–H and O–H groups in total. The molecule has 33 heavy (non-hydrogen) atoms. The fourth-order valence-corrected chi connectivity index (χ4v) is 2.56. The number of carbonyl (C=O) groups excluding carboxylic acids is 4. The van der Waals surface area contributed by atoms with Crippen molar-refractivity contribution in [2.75, 3.05) is 0 Å². The Balaban J connectivity index is 5.61. The molecule has 0 radical (unpaired) electrons. The van der Waals surface area contributed by atoms with Crippen molar-refractivity contribution in [2.24, 2.45) is 17.4 Å². The third kappa shape index (κ3) is 10.9. The molecule has 0 heterocycles. The summed E-state index contributed by atoms with van der Waals surface area (Å²) in [5, 5.41) is 33.2. The maximum Gasteiger partial charge on any atom is 0.326 e. The molecule has 0 aliphatic heterocycles. The Bertz CT molecular complexity index is 787. The highest BCUT2D eigenvalue weighted by Gasteiger charge is 2.34. The molecule has 0 rings (SSSR count). The highest BCUT2D eigenvalue weighted by Crippen LogP contribution is 2.10. The SMILES string of the molecule is CCC(C)C(NC(=O)C(N)CC(N)=O)C(=O)NC(CC(=O)O)C(=O)NC(CC(=O)O)C(=O)O. The van der Waals surface area contributed by atoms with Crippen molar-refractivity contribution in [1.82, 2.24) is 16.0 Å². The number of hydrogen-bond acceptors (Lipinski definition) is 8. The van der Waals surface area contributed by atoms with Crippen molar-refractivity contribution < 1.29 is 48.9 Å². The zero-order valence-electron chi connectivity index (χ0n) is 18.1. The minimum absolute atomic E-state index is 0.360. The summed E-state index contributed by atoms with van der Waals surface area (Å²) in [6, 6.07) is -6.31. The van der Waals surface area contributed by atoms with Gasteiger partial charge in [0.1, 0.15) is 18.1 Å². The molecule has 0 spiro atoms. The molecule has 0 aromatic carbocycles. The molecular formula is C18H29N5O10. The molecule has 5 unspecified atom stereocenters. The highest BCUT2D eigenvalue weighted by molar-refractivity contribution is 5.96. The van der Waals surface area contributed by atoms with Crippen molar-refractivity contribution in [3.8, 4) is 0 Å². The van der Waals surface area contributed by atoms with Gasteiger partial charge in [-0.2, -0.15) is 0 Å². The first-order valence-electron chi connectivity index (χ1n) is 9.80. The number of hydrogen-bond donors (Lipinski definition) is 8. The number of aliphatic carboxylic acids is 3. The van der Waals surface area contributed by atoms with Crippen molar-refractivity contribution in [3.05, 3.63) is 0 Å². The van der Waals surface area contributed by atoms with Crippen LogP contribution in [-0.2, 0) is 33.6 Å². The normalized spacial score (nSPS) is 15.1. The maximum atomic E-state index is 12.8. The highest BCUT2D eigenvalue weighted by atomic mass is 16.4. The molecule has 5 atom stereocenters. The number of rotatable bonds is 15. The Labute approximate surface area is 188 Å². The first-order chi connectivity index (χ1) is 15.2. The van der Waals surface area contributed by atoms with Crippen LogP contribution in [-0.4, -0.2) is 81.0 Å². The molecule has 0 saturated carbocycles. The van der Waals surface area contributed by atoms with Crippen LogP contribution in [0.3, 0.4) is 0 Å². The number of carbonyl (C=O) groups is 7. The Hall–Kier alpha value is -3.75. The molecule has 15 heteroatoms. The molecule has 4 amide bonds. The number of primary amides is 1. The predicted molar refractivity (Wildman–Crippen MR) is 109 cm³/mol. The van der Waals surface area contributed by atoms with Gasteiger partial charge in [-0.15, -0.1) is 0 Å². The van der Waals surface area contributed by atoms with Gasteiger partial charge in [0.15, 0.2) is 0 Å². The van der Waals surface area contributed by atoms with Crippen LogP contribution in [0.15, 0.2) is 0 Å². The molecule has 0 fully saturated rings. The van der Waals surface area contributed by atoms with Crippen LogP contribution in [0.5, 0.6) is 0 Å². The van der Waals surface area contributed by atoms with Gasteiger partial charge < -0.3 is 42.7 Å². The number of carboxylic acids is 3. The summed E-state index contributed by atoms with van der Waals surface area (Å²) >= 11 is 0. The minimum atomic E-state index is -1.87. The second-order valence-electron chi connectivity index (χ2n) is 7.31. The predicted octanol–water partition coefficient (Wildman–Crippen LogP) is -3.28. The van der Waals surface area contributed by atoms with E-state index in [1.807, 2.05) is 5.32 Å². The van der Waals surface area contributed by atoms with Gasteiger partial charge in [0.25, 0.3) is 0 Å². The van der Waals surface area contributed by atoms with Gasteiger partial charge in [-0.1, -0.05) is 20.3 Å². The lowest BCUT2D eigenvalue weighted by Gasteiger charge is -2.27. The number of amides is 4. The van der Waals surface area contributed by atoms with Crippen LogP contribution < -0.4 is 27.4 Å². The summed E-state index contributed by atoms with van der Waals surface area (Å²) < 4.78 is 0. The number of nitrogens with two attached hydrogens (primary N) is 2.